The first kappa shape index (κ1) is 15.6. The van der Waals surface area contributed by atoms with Crippen LogP contribution in [-0.2, 0) is 4.79 Å². The van der Waals surface area contributed by atoms with Gasteiger partial charge in [0.05, 0.1) is 13.2 Å². The van der Waals surface area contributed by atoms with E-state index in [2.05, 4.69) is 5.32 Å². The molecule has 0 aliphatic rings. The van der Waals surface area contributed by atoms with Gasteiger partial charge in [-0.25, -0.2) is 0 Å². The zero-order chi connectivity index (χ0) is 15.1. The normalized spacial score (nSPS) is 10.9. The summed E-state index contributed by atoms with van der Waals surface area (Å²) in [5, 5.41) is 11.5. The molecule has 0 saturated heterocycles. The van der Waals surface area contributed by atoms with E-state index in [1.165, 1.54) is 13.1 Å². The minimum Gasteiger partial charge on any atom is -0.493 e. The van der Waals surface area contributed by atoms with Crippen molar-refractivity contribution in [3.05, 3.63) is 29.3 Å². The highest BCUT2D eigenvalue weighted by atomic mass is 16.5. The van der Waals surface area contributed by atoms with Crippen LogP contribution < -0.4 is 14.8 Å². The van der Waals surface area contributed by atoms with Gasteiger partial charge in [-0.05, 0) is 26.0 Å². The van der Waals surface area contributed by atoms with Gasteiger partial charge in [0, 0.05) is 12.6 Å². The van der Waals surface area contributed by atoms with Gasteiger partial charge in [0.25, 0.3) is 5.91 Å². The zero-order valence-electron chi connectivity index (χ0n) is 12.1. The van der Waals surface area contributed by atoms with Gasteiger partial charge < -0.3 is 14.8 Å². The van der Waals surface area contributed by atoms with Crippen LogP contribution in [0, 0.1) is 11.3 Å². The molecule has 1 rings (SSSR count). The van der Waals surface area contributed by atoms with Gasteiger partial charge in [0.1, 0.15) is 11.6 Å². The number of methoxy groups -OCH3 is 1. The van der Waals surface area contributed by atoms with Crippen LogP contribution in [0.3, 0.4) is 0 Å². The second kappa shape index (κ2) is 7.19. The first-order valence-corrected chi connectivity index (χ1v) is 6.21. The third-order valence-corrected chi connectivity index (χ3v) is 2.47. The highest BCUT2D eigenvalue weighted by molar-refractivity contribution is 6.01. The average molecular weight is 274 g/mol. The van der Waals surface area contributed by atoms with Crippen molar-refractivity contribution in [2.45, 2.75) is 20.0 Å². The Labute approximate surface area is 118 Å². The lowest BCUT2D eigenvalue weighted by Gasteiger charge is -2.16. The van der Waals surface area contributed by atoms with Crippen molar-refractivity contribution in [3.63, 3.8) is 0 Å². The summed E-state index contributed by atoms with van der Waals surface area (Å²) in [6.07, 6.45) is 1.43. The molecule has 0 heterocycles. The van der Waals surface area contributed by atoms with Gasteiger partial charge in [-0.15, -0.1) is 0 Å². The van der Waals surface area contributed by atoms with Crippen LogP contribution in [0.25, 0.3) is 6.08 Å². The predicted molar refractivity (Wildman–Crippen MR) is 76.4 cm³/mol. The van der Waals surface area contributed by atoms with Crippen molar-refractivity contribution < 1.29 is 14.3 Å². The highest BCUT2D eigenvalue weighted by Crippen LogP contribution is 2.33. The fourth-order valence-electron chi connectivity index (χ4n) is 1.61. The lowest BCUT2D eigenvalue weighted by Crippen LogP contribution is -2.19. The smallest absolute Gasteiger partial charge is 0.261 e. The summed E-state index contributed by atoms with van der Waals surface area (Å²) in [5.74, 6) is 0.633. The summed E-state index contributed by atoms with van der Waals surface area (Å²) in [4.78, 5) is 11.6. The van der Waals surface area contributed by atoms with E-state index in [0.29, 0.717) is 17.1 Å². The minimum atomic E-state index is -0.439. The van der Waals surface area contributed by atoms with Gasteiger partial charge in [-0.1, -0.05) is 12.1 Å². The van der Waals surface area contributed by atoms with Crippen LogP contribution in [0.15, 0.2) is 23.8 Å². The fourth-order valence-corrected chi connectivity index (χ4v) is 1.61. The van der Waals surface area contributed by atoms with Gasteiger partial charge in [-0.3, -0.25) is 4.79 Å². The van der Waals surface area contributed by atoms with E-state index >= 15 is 0 Å². The van der Waals surface area contributed by atoms with E-state index in [1.54, 1.807) is 25.3 Å². The Balaban J connectivity index is 3.33. The number of nitrogens with one attached hydrogen (secondary N) is 1. The maximum absolute atomic E-state index is 11.6. The Bertz CT molecular complexity index is 557. The summed E-state index contributed by atoms with van der Waals surface area (Å²) in [6.45, 7) is 3.79. The average Bonchev–Trinajstić information content (AvgIpc) is 2.44. The third kappa shape index (κ3) is 3.75. The largest absolute Gasteiger partial charge is 0.493 e. The number of ether oxygens (including phenoxy) is 2. The molecule has 0 aliphatic heterocycles. The number of para-hydroxylation sites is 1. The number of hydrogen-bond donors (Lipinski definition) is 1. The monoisotopic (exact) mass is 274 g/mol. The SMILES string of the molecule is CNC(=O)C(C#N)=Cc1cccc(OC)c1OC(C)C. The quantitative estimate of drug-likeness (QED) is 0.659. The molecule has 0 bridgehead atoms. The molecule has 1 amide bonds. The molecule has 20 heavy (non-hydrogen) atoms. The first-order valence-electron chi connectivity index (χ1n) is 6.21. The standard InChI is InChI=1S/C15H18N2O3/c1-10(2)20-14-11(6-5-7-13(14)19-4)8-12(9-16)15(18)17-3/h5-8,10H,1-4H3,(H,17,18). The molecule has 5 heteroatoms. The van der Waals surface area contributed by atoms with Crippen LogP contribution in [-0.4, -0.2) is 26.2 Å². The zero-order valence-corrected chi connectivity index (χ0v) is 12.1. The molecule has 0 atom stereocenters. The number of amides is 1. The summed E-state index contributed by atoms with van der Waals surface area (Å²) in [7, 11) is 3.02. The molecule has 0 fully saturated rings. The molecule has 0 aliphatic carbocycles. The molecular formula is C15H18N2O3. The molecule has 5 nitrogen and oxygen atoms in total. The topological polar surface area (TPSA) is 71.4 Å². The number of benzene rings is 1. The Morgan fingerprint density at radius 1 is 1.45 bits per heavy atom. The lowest BCUT2D eigenvalue weighted by molar-refractivity contribution is -0.116. The number of nitriles is 1. The molecule has 0 saturated carbocycles. The molecule has 0 aromatic heterocycles. The minimum absolute atomic E-state index is 0.00867. The summed E-state index contributed by atoms with van der Waals surface area (Å²) in [6, 6.07) is 7.18. The van der Waals surface area contributed by atoms with Crippen molar-refractivity contribution in [1.29, 1.82) is 5.26 Å². The van der Waals surface area contributed by atoms with Crippen molar-refractivity contribution in [2.24, 2.45) is 0 Å². The van der Waals surface area contributed by atoms with Gasteiger partial charge in [-0.2, -0.15) is 5.26 Å². The predicted octanol–water partition coefficient (Wildman–Crippen LogP) is 2.14. The van der Waals surface area contributed by atoms with Gasteiger partial charge in [0.2, 0.25) is 0 Å². The second-order valence-electron chi connectivity index (χ2n) is 4.29. The number of likely N-dealkylation sites (N-methyl/N-ethyl adjacent to an activating group) is 1. The van der Waals surface area contributed by atoms with Gasteiger partial charge >= 0.3 is 0 Å². The Kier molecular flexibility index (Phi) is 5.60. The second-order valence-corrected chi connectivity index (χ2v) is 4.29. The molecule has 1 aromatic rings. The Morgan fingerprint density at radius 2 is 2.15 bits per heavy atom. The van der Waals surface area contributed by atoms with Crippen LogP contribution in [0.1, 0.15) is 19.4 Å². The van der Waals surface area contributed by atoms with Crippen molar-refractivity contribution in [2.75, 3.05) is 14.2 Å². The summed E-state index contributed by atoms with van der Waals surface area (Å²) >= 11 is 0. The number of rotatable bonds is 5. The van der Waals surface area contributed by atoms with Crippen LogP contribution in [0.4, 0.5) is 0 Å². The van der Waals surface area contributed by atoms with Crippen molar-refractivity contribution in [1.82, 2.24) is 5.32 Å². The maximum Gasteiger partial charge on any atom is 0.261 e. The number of carbonyl (C=O) groups excluding carboxylic acids is 1. The summed E-state index contributed by atoms with van der Waals surface area (Å²) < 4.78 is 11.0. The van der Waals surface area contributed by atoms with Crippen molar-refractivity contribution in [3.8, 4) is 17.6 Å². The Hall–Kier alpha value is -2.48. The molecule has 0 spiro atoms. The van der Waals surface area contributed by atoms with E-state index in [9.17, 15) is 4.79 Å². The molecular weight excluding hydrogens is 256 g/mol. The fraction of sp³-hybridized carbons (Fsp3) is 0.333. The Morgan fingerprint density at radius 3 is 2.65 bits per heavy atom. The molecule has 1 aromatic carbocycles. The first-order chi connectivity index (χ1) is 9.53. The number of carbonyl (C=O) groups is 1. The summed E-state index contributed by atoms with van der Waals surface area (Å²) in [5.41, 5.74) is 0.632. The van der Waals surface area contributed by atoms with Crippen LogP contribution in [0.2, 0.25) is 0 Å². The third-order valence-electron chi connectivity index (χ3n) is 2.47. The van der Waals surface area contributed by atoms with E-state index in [4.69, 9.17) is 14.7 Å². The maximum atomic E-state index is 11.6. The molecule has 0 unspecified atom stereocenters. The molecule has 1 N–H and O–H groups in total. The van der Waals surface area contributed by atoms with Crippen molar-refractivity contribution >= 4 is 12.0 Å². The lowest BCUT2D eigenvalue weighted by atomic mass is 10.1. The number of nitrogens with zero attached hydrogens (tertiary/aromatic N) is 1. The van der Waals surface area contributed by atoms with Gasteiger partial charge in [0.15, 0.2) is 11.5 Å². The van der Waals surface area contributed by atoms with Crippen LogP contribution >= 0.6 is 0 Å². The van der Waals surface area contributed by atoms with E-state index < -0.39 is 5.91 Å². The highest BCUT2D eigenvalue weighted by Gasteiger charge is 2.13. The van der Waals surface area contributed by atoms with E-state index in [-0.39, 0.29) is 11.7 Å². The van der Waals surface area contributed by atoms with E-state index in [1.807, 2.05) is 19.9 Å². The number of hydrogen-bond acceptors (Lipinski definition) is 4. The van der Waals surface area contributed by atoms with Crippen LogP contribution in [0.5, 0.6) is 11.5 Å². The molecule has 106 valence electrons. The molecule has 0 radical (unpaired) electrons. The van der Waals surface area contributed by atoms with E-state index in [0.717, 1.165) is 0 Å².